The van der Waals surface area contributed by atoms with Gasteiger partial charge in [0.15, 0.2) is 0 Å². The first-order chi connectivity index (χ1) is 9.24. The van der Waals surface area contributed by atoms with Gasteiger partial charge in [0.05, 0.1) is 5.69 Å². The third kappa shape index (κ3) is 2.24. The zero-order chi connectivity index (χ0) is 13.2. The number of anilines is 1. The van der Waals surface area contributed by atoms with Crippen molar-refractivity contribution in [2.75, 3.05) is 5.32 Å². The SMILES string of the molecule is Cc1noc2ncnc(NCc3ccc(F)cc3)c12. The quantitative estimate of drug-likeness (QED) is 0.782. The van der Waals surface area contributed by atoms with Crippen LogP contribution in [0.5, 0.6) is 0 Å². The summed E-state index contributed by atoms with van der Waals surface area (Å²) in [5.41, 5.74) is 2.15. The fraction of sp³-hybridized carbons (Fsp3) is 0.154. The number of nitrogens with one attached hydrogen (secondary N) is 1. The Hall–Kier alpha value is -2.50. The summed E-state index contributed by atoms with van der Waals surface area (Å²) in [6, 6.07) is 6.30. The van der Waals surface area contributed by atoms with E-state index in [2.05, 4.69) is 20.4 Å². The first-order valence-corrected chi connectivity index (χ1v) is 5.79. The minimum Gasteiger partial charge on any atom is -0.365 e. The third-order valence-electron chi connectivity index (χ3n) is 2.82. The number of aromatic nitrogens is 3. The van der Waals surface area contributed by atoms with Crippen molar-refractivity contribution in [3.8, 4) is 0 Å². The van der Waals surface area contributed by atoms with Crippen LogP contribution in [0.25, 0.3) is 11.1 Å². The molecule has 3 aromatic rings. The number of aryl methyl sites for hydroxylation is 1. The highest BCUT2D eigenvalue weighted by Crippen LogP contribution is 2.22. The lowest BCUT2D eigenvalue weighted by atomic mass is 10.2. The number of fused-ring (bicyclic) bond motifs is 1. The van der Waals surface area contributed by atoms with E-state index < -0.39 is 0 Å². The standard InChI is InChI=1S/C13H11FN4O/c1-8-11-12(16-7-17-13(11)19-18-8)15-6-9-2-4-10(14)5-3-9/h2-5,7H,6H2,1H3,(H,15,16,17). The molecule has 0 aliphatic carbocycles. The van der Waals surface area contributed by atoms with Gasteiger partial charge < -0.3 is 9.84 Å². The van der Waals surface area contributed by atoms with E-state index in [0.29, 0.717) is 18.1 Å². The summed E-state index contributed by atoms with van der Waals surface area (Å²) < 4.78 is 17.9. The highest BCUT2D eigenvalue weighted by Gasteiger charge is 2.11. The molecule has 19 heavy (non-hydrogen) atoms. The molecule has 6 heteroatoms. The highest BCUT2D eigenvalue weighted by molar-refractivity contribution is 5.87. The van der Waals surface area contributed by atoms with E-state index in [9.17, 15) is 4.39 Å². The predicted octanol–water partition coefficient (Wildman–Crippen LogP) is 2.68. The van der Waals surface area contributed by atoms with Gasteiger partial charge in [-0.05, 0) is 24.6 Å². The van der Waals surface area contributed by atoms with Crippen LogP contribution in [0.4, 0.5) is 10.2 Å². The van der Waals surface area contributed by atoms with Crippen LogP contribution in [-0.4, -0.2) is 15.1 Å². The van der Waals surface area contributed by atoms with Gasteiger partial charge in [-0.2, -0.15) is 4.98 Å². The van der Waals surface area contributed by atoms with Crippen LogP contribution in [0.15, 0.2) is 35.1 Å². The number of rotatable bonds is 3. The van der Waals surface area contributed by atoms with Crippen LogP contribution in [0, 0.1) is 12.7 Å². The Bertz CT molecular complexity index is 708. The Labute approximate surface area is 108 Å². The summed E-state index contributed by atoms with van der Waals surface area (Å²) in [6.45, 7) is 2.37. The molecule has 1 aromatic carbocycles. The molecule has 0 aliphatic rings. The first kappa shape index (κ1) is 11.6. The van der Waals surface area contributed by atoms with Crippen molar-refractivity contribution >= 4 is 16.9 Å². The lowest BCUT2D eigenvalue weighted by Crippen LogP contribution is -2.02. The smallest absolute Gasteiger partial charge is 0.263 e. The van der Waals surface area contributed by atoms with Crippen molar-refractivity contribution in [3.05, 3.63) is 47.7 Å². The lowest BCUT2D eigenvalue weighted by molar-refractivity contribution is 0.442. The van der Waals surface area contributed by atoms with E-state index in [1.165, 1.54) is 18.5 Å². The summed E-state index contributed by atoms with van der Waals surface area (Å²) in [5.74, 6) is 0.413. The van der Waals surface area contributed by atoms with E-state index >= 15 is 0 Å². The molecule has 0 radical (unpaired) electrons. The van der Waals surface area contributed by atoms with Crippen molar-refractivity contribution in [1.82, 2.24) is 15.1 Å². The second-order valence-corrected chi connectivity index (χ2v) is 4.15. The predicted molar refractivity (Wildman–Crippen MR) is 68.1 cm³/mol. The summed E-state index contributed by atoms with van der Waals surface area (Å²) >= 11 is 0. The Morgan fingerprint density at radius 3 is 2.79 bits per heavy atom. The number of halogens is 1. The Kier molecular flexibility index (Phi) is 2.83. The summed E-state index contributed by atoms with van der Waals surface area (Å²) in [5, 5.41) is 7.80. The highest BCUT2D eigenvalue weighted by atomic mass is 19.1. The van der Waals surface area contributed by atoms with Gasteiger partial charge in [0, 0.05) is 6.54 Å². The van der Waals surface area contributed by atoms with E-state index in [-0.39, 0.29) is 5.82 Å². The zero-order valence-electron chi connectivity index (χ0n) is 10.2. The second kappa shape index (κ2) is 4.64. The zero-order valence-corrected chi connectivity index (χ0v) is 10.2. The maximum atomic E-state index is 12.8. The molecule has 2 heterocycles. The van der Waals surface area contributed by atoms with Crippen molar-refractivity contribution in [2.45, 2.75) is 13.5 Å². The van der Waals surface area contributed by atoms with Crippen LogP contribution in [0.1, 0.15) is 11.3 Å². The Morgan fingerprint density at radius 2 is 2.00 bits per heavy atom. The van der Waals surface area contributed by atoms with Gasteiger partial charge in [0.1, 0.15) is 23.3 Å². The van der Waals surface area contributed by atoms with Crippen LogP contribution < -0.4 is 5.32 Å². The minimum absolute atomic E-state index is 0.247. The van der Waals surface area contributed by atoms with E-state index in [0.717, 1.165) is 16.6 Å². The third-order valence-corrected chi connectivity index (χ3v) is 2.82. The average Bonchev–Trinajstić information content (AvgIpc) is 2.81. The van der Waals surface area contributed by atoms with Crippen molar-refractivity contribution in [1.29, 1.82) is 0 Å². The van der Waals surface area contributed by atoms with Crippen molar-refractivity contribution in [2.24, 2.45) is 0 Å². The van der Waals surface area contributed by atoms with Crippen LogP contribution in [0.3, 0.4) is 0 Å². The molecule has 96 valence electrons. The van der Waals surface area contributed by atoms with Gasteiger partial charge in [-0.3, -0.25) is 0 Å². The van der Waals surface area contributed by atoms with Crippen LogP contribution in [-0.2, 0) is 6.54 Å². The molecule has 1 N–H and O–H groups in total. The monoisotopic (exact) mass is 258 g/mol. The van der Waals surface area contributed by atoms with E-state index in [1.807, 2.05) is 6.92 Å². The van der Waals surface area contributed by atoms with Crippen molar-refractivity contribution < 1.29 is 8.91 Å². The number of nitrogens with zero attached hydrogens (tertiary/aromatic N) is 3. The molecule has 0 amide bonds. The lowest BCUT2D eigenvalue weighted by Gasteiger charge is -2.06. The Morgan fingerprint density at radius 1 is 1.21 bits per heavy atom. The topological polar surface area (TPSA) is 63.8 Å². The molecule has 0 fully saturated rings. The van der Waals surface area contributed by atoms with Gasteiger partial charge in [0.2, 0.25) is 0 Å². The van der Waals surface area contributed by atoms with Crippen LogP contribution >= 0.6 is 0 Å². The van der Waals surface area contributed by atoms with E-state index in [4.69, 9.17) is 4.52 Å². The molecular formula is C13H11FN4O. The minimum atomic E-state index is -0.247. The van der Waals surface area contributed by atoms with Gasteiger partial charge >= 0.3 is 0 Å². The van der Waals surface area contributed by atoms with E-state index in [1.54, 1.807) is 12.1 Å². The molecule has 0 aliphatic heterocycles. The number of hydrogen-bond donors (Lipinski definition) is 1. The fourth-order valence-corrected chi connectivity index (χ4v) is 1.84. The molecule has 2 aromatic heterocycles. The molecule has 0 bridgehead atoms. The molecular weight excluding hydrogens is 247 g/mol. The molecule has 0 saturated heterocycles. The largest absolute Gasteiger partial charge is 0.365 e. The summed E-state index contributed by atoms with van der Waals surface area (Å²) in [6.07, 6.45) is 1.42. The van der Waals surface area contributed by atoms with Gasteiger partial charge in [-0.15, -0.1) is 0 Å². The number of hydrogen-bond acceptors (Lipinski definition) is 5. The molecule has 3 rings (SSSR count). The molecule has 0 spiro atoms. The molecule has 0 unspecified atom stereocenters. The van der Waals surface area contributed by atoms with Gasteiger partial charge in [-0.25, -0.2) is 9.37 Å². The maximum absolute atomic E-state index is 12.8. The number of benzene rings is 1. The normalized spacial score (nSPS) is 10.8. The van der Waals surface area contributed by atoms with Crippen LogP contribution in [0.2, 0.25) is 0 Å². The fourth-order valence-electron chi connectivity index (χ4n) is 1.84. The molecule has 0 saturated carbocycles. The second-order valence-electron chi connectivity index (χ2n) is 4.15. The molecule has 0 atom stereocenters. The summed E-state index contributed by atoms with van der Waals surface area (Å²) in [7, 11) is 0. The average molecular weight is 258 g/mol. The van der Waals surface area contributed by atoms with Gasteiger partial charge in [-0.1, -0.05) is 17.3 Å². The van der Waals surface area contributed by atoms with Crippen molar-refractivity contribution in [3.63, 3.8) is 0 Å². The van der Waals surface area contributed by atoms with Gasteiger partial charge in [0.25, 0.3) is 5.71 Å². The summed E-state index contributed by atoms with van der Waals surface area (Å²) in [4.78, 5) is 8.18. The Balaban J connectivity index is 1.85. The maximum Gasteiger partial charge on any atom is 0.263 e. The molecule has 5 nitrogen and oxygen atoms in total. The first-order valence-electron chi connectivity index (χ1n) is 5.79.